The van der Waals surface area contributed by atoms with Crippen LogP contribution in [0.1, 0.15) is 25.3 Å². The van der Waals surface area contributed by atoms with Gasteiger partial charge in [0, 0.05) is 20.5 Å². The Balaban J connectivity index is 1.53. The van der Waals surface area contributed by atoms with E-state index >= 15 is 0 Å². The number of aryl methyl sites for hydroxylation is 2. The van der Waals surface area contributed by atoms with Crippen LogP contribution in [0.3, 0.4) is 0 Å². The number of esters is 1. The maximum absolute atomic E-state index is 12.4. The summed E-state index contributed by atoms with van der Waals surface area (Å²) >= 11 is 0. The molecule has 0 amide bonds. The lowest BCUT2D eigenvalue weighted by molar-refractivity contribution is -0.144. The number of rotatable bonds is 8. The van der Waals surface area contributed by atoms with Crippen LogP contribution < -0.4 is 11.2 Å². The van der Waals surface area contributed by atoms with Crippen LogP contribution in [0.15, 0.2) is 46.2 Å². The van der Waals surface area contributed by atoms with Gasteiger partial charge in [0.05, 0.1) is 12.9 Å². The SMILES string of the molecule is CC(CCc1ccccc1)CC(=O)OCCn1cnc2c1c(=O)n(C)c(=O)n2C. The van der Waals surface area contributed by atoms with Gasteiger partial charge >= 0.3 is 11.7 Å². The highest BCUT2D eigenvalue weighted by Crippen LogP contribution is 2.13. The van der Waals surface area contributed by atoms with Crippen molar-refractivity contribution in [3.8, 4) is 0 Å². The summed E-state index contributed by atoms with van der Waals surface area (Å²) in [6.07, 6.45) is 3.68. The molecule has 0 aliphatic rings. The van der Waals surface area contributed by atoms with Crippen molar-refractivity contribution in [1.29, 1.82) is 0 Å². The fourth-order valence-corrected chi connectivity index (χ4v) is 3.33. The van der Waals surface area contributed by atoms with Gasteiger partial charge in [-0.25, -0.2) is 9.78 Å². The largest absolute Gasteiger partial charge is 0.464 e. The molecule has 2 aromatic heterocycles. The van der Waals surface area contributed by atoms with Crippen LogP contribution in [0, 0.1) is 5.92 Å². The van der Waals surface area contributed by atoms with E-state index < -0.39 is 11.2 Å². The number of carbonyl (C=O) groups excluding carboxylic acids is 1. The first kappa shape index (κ1) is 20.6. The van der Waals surface area contributed by atoms with Crippen molar-refractivity contribution in [2.45, 2.75) is 32.7 Å². The van der Waals surface area contributed by atoms with Crippen LogP contribution in [-0.2, 0) is 36.6 Å². The molecule has 0 fully saturated rings. The number of fused-ring (bicyclic) bond motifs is 1. The Labute approximate surface area is 168 Å². The Morgan fingerprint density at radius 2 is 1.86 bits per heavy atom. The van der Waals surface area contributed by atoms with Crippen molar-refractivity contribution in [3.63, 3.8) is 0 Å². The van der Waals surface area contributed by atoms with Crippen molar-refractivity contribution < 1.29 is 9.53 Å². The summed E-state index contributed by atoms with van der Waals surface area (Å²) in [4.78, 5) is 40.6. The molecular weight excluding hydrogens is 372 g/mol. The van der Waals surface area contributed by atoms with Crippen LogP contribution in [-0.4, -0.2) is 31.3 Å². The van der Waals surface area contributed by atoms with Crippen molar-refractivity contribution >= 4 is 17.1 Å². The van der Waals surface area contributed by atoms with Gasteiger partial charge in [-0.2, -0.15) is 0 Å². The average Bonchev–Trinajstić information content (AvgIpc) is 3.14. The first-order valence-electron chi connectivity index (χ1n) is 9.69. The Hall–Kier alpha value is -3.16. The maximum atomic E-state index is 12.4. The molecule has 29 heavy (non-hydrogen) atoms. The van der Waals surface area contributed by atoms with E-state index in [0.29, 0.717) is 24.1 Å². The minimum atomic E-state index is -0.427. The topological polar surface area (TPSA) is 88.1 Å². The van der Waals surface area contributed by atoms with Gasteiger partial charge in [-0.05, 0) is 24.3 Å². The van der Waals surface area contributed by atoms with E-state index in [4.69, 9.17) is 4.74 Å². The van der Waals surface area contributed by atoms with Crippen LogP contribution in [0.25, 0.3) is 11.2 Å². The Morgan fingerprint density at radius 1 is 1.14 bits per heavy atom. The number of hydrogen-bond donors (Lipinski definition) is 0. The molecule has 0 saturated heterocycles. The van der Waals surface area contributed by atoms with Crippen LogP contribution >= 0.6 is 0 Å². The second-order valence-corrected chi connectivity index (χ2v) is 7.37. The molecule has 1 aromatic carbocycles. The lowest BCUT2D eigenvalue weighted by atomic mass is 9.98. The minimum absolute atomic E-state index is 0.141. The molecule has 0 N–H and O–H groups in total. The summed E-state index contributed by atoms with van der Waals surface area (Å²) in [5.74, 6) is -0.0334. The number of benzene rings is 1. The van der Waals surface area contributed by atoms with E-state index in [1.54, 1.807) is 11.6 Å². The van der Waals surface area contributed by atoms with Gasteiger partial charge in [-0.1, -0.05) is 37.3 Å². The third-order valence-electron chi connectivity index (χ3n) is 5.10. The van der Waals surface area contributed by atoms with Crippen molar-refractivity contribution in [3.05, 3.63) is 63.1 Å². The summed E-state index contributed by atoms with van der Waals surface area (Å²) in [5, 5.41) is 0. The molecule has 2 heterocycles. The molecule has 3 aromatic rings. The lowest BCUT2D eigenvalue weighted by Crippen LogP contribution is -2.37. The second-order valence-electron chi connectivity index (χ2n) is 7.37. The summed E-state index contributed by atoms with van der Waals surface area (Å²) < 4.78 is 9.33. The van der Waals surface area contributed by atoms with Gasteiger partial charge in [-0.15, -0.1) is 0 Å². The molecule has 154 valence electrons. The van der Waals surface area contributed by atoms with E-state index in [1.165, 1.54) is 23.5 Å². The Kier molecular flexibility index (Phi) is 6.31. The van der Waals surface area contributed by atoms with Crippen molar-refractivity contribution in [2.24, 2.45) is 20.0 Å². The van der Waals surface area contributed by atoms with Gasteiger partial charge in [-0.3, -0.25) is 18.7 Å². The highest BCUT2D eigenvalue weighted by Gasteiger charge is 2.15. The predicted molar refractivity (Wildman–Crippen MR) is 110 cm³/mol. The summed E-state index contributed by atoms with van der Waals surface area (Å²) in [7, 11) is 3.00. The molecule has 0 spiro atoms. The average molecular weight is 398 g/mol. The minimum Gasteiger partial charge on any atom is -0.464 e. The molecule has 0 aliphatic carbocycles. The van der Waals surface area contributed by atoms with Crippen molar-refractivity contribution in [1.82, 2.24) is 18.7 Å². The first-order valence-corrected chi connectivity index (χ1v) is 9.69. The quantitative estimate of drug-likeness (QED) is 0.538. The number of carbonyl (C=O) groups is 1. The fourth-order valence-electron chi connectivity index (χ4n) is 3.33. The number of nitrogens with zero attached hydrogens (tertiary/aromatic N) is 4. The molecular formula is C21H26N4O4. The molecule has 8 heteroatoms. The Morgan fingerprint density at radius 3 is 2.59 bits per heavy atom. The number of imidazole rings is 1. The highest BCUT2D eigenvalue weighted by molar-refractivity contribution is 5.70. The molecule has 1 atom stereocenters. The molecule has 0 aliphatic heterocycles. The van der Waals surface area contributed by atoms with Gasteiger partial charge in [0.15, 0.2) is 11.2 Å². The summed E-state index contributed by atoms with van der Waals surface area (Å²) in [6.45, 7) is 2.48. The number of hydrogen-bond acceptors (Lipinski definition) is 5. The summed E-state index contributed by atoms with van der Waals surface area (Å²) in [5.41, 5.74) is 1.06. The first-order chi connectivity index (χ1) is 13.9. The molecule has 0 radical (unpaired) electrons. The summed E-state index contributed by atoms with van der Waals surface area (Å²) in [6, 6.07) is 10.2. The second kappa shape index (κ2) is 8.89. The zero-order valence-corrected chi connectivity index (χ0v) is 17.0. The van der Waals surface area contributed by atoms with Crippen LogP contribution in [0.4, 0.5) is 0 Å². The molecule has 3 rings (SSSR count). The van der Waals surface area contributed by atoms with E-state index in [0.717, 1.165) is 17.4 Å². The monoisotopic (exact) mass is 398 g/mol. The molecule has 1 unspecified atom stereocenters. The number of aromatic nitrogens is 4. The van der Waals surface area contributed by atoms with Crippen LogP contribution in [0.5, 0.6) is 0 Å². The van der Waals surface area contributed by atoms with Gasteiger partial charge in [0.1, 0.15) is 6.61 Å². The van der Waals surface area contributed by atoms with Crippen LogP contribution in [0.2, 0.25) is 0 Å². The van der Waals surface area contributed by atoms with Gasteiger partial charge in [0.2, 0.25) is 0 Å². The Bertz CT molecular complexity index is 1110. The predicted octanol–water partition coefficient (Wildman–Crippen LogP) is 1.64. The van der Waals surface area contributed by atoms with Gasteiger partial charge < -0.3 is 9.30 Å². The van der Waals surface area contributed by atoms with E-state index in [-0.39, 0.29) is 18.5 Å². The lowest BCUT2D eigenvalue weighted by Gasteiger charge is -2.12. The fraction of sp³-hybridized carbons (Fsp3) is 0.429. The third-order valence-corrected chi connectivity index (χ3v) is 5.10. The standard InChI is InChI=1S/C21H26N4O4/c1-15(9-10-16-7-5-4-6-8-16)13-17(26)29-12-11-25-14-22-19-18(25)20(27)24(3)21(28)23(19)2/h4-8,14-15H,9-13H2,1-3H3. The number of ether oxygens (including phenoxy) is 1. The third kappa shape index (κ3) is 4.64. The van der Waals surface area contributed by atoms with E-state index in [9.17, 15) is 14.4 Å². The molecule has 0 bridgehead atoms. The normalized spacial score (nSPS) is 12.2. The van der Waals surface area contributed by atoms with Gasteiger partial charge in [0.25, 0.3) is 5.56 Å². The molecule has 0 saturated carbocycles. The smallest absolute Gasteiger partial charge is 0.332 e. The van der Waals surface area contributed by atoms with E-state index in [1.807, 2.05) is 25.1 Å². The maximum Gasteiger partial charge on any atom is 0.332 e. The highest BCUT2D eigenvalue weighted by atomic mass is 16.5. The zero-order chi connectivity index (χ0) is 21.0. The molecule has 8 nitrogen and oxygen atoms in total. The van der Waals surface area contributed by atoms with Crippen molar-refractivity contribution in [2.75, 3.05) is 6.61 Å². The zero-order valence-electron chi connectivity index (χ0n) is 17.0. The van der Waals surface area contributed by atoms with E-state index in [2.05, 4.69) is 17.1 Å².